The highest BCUT2D eigenvalue weighted by Crippen LogP contribution is 2.24. The molecule has 2 N–H and O–H groups in total. The molecule has 0 bridgehead atoms. The number of carbonyl (C=O) groups is 1. The third kappa shape index (κ3) is 3.18. The highest BCUT2D eigenvalue weighted by molar-refractivity contribution is 5.94. The van der Waals surface area contributed by atoms with Crippen LogP contribution in [0.5, 0.6) is 0 Å². The fraction of sp³-hybridized carbons (Fsp3) is 0.562. The summed E-state index contributed by atoms with van der Waals surface area (Å²) in [6.45, 7) is 4.35. The van der Waals surface area contributed by atoms with E-state index in [1.807, 2.05) is 11.8 Å². The van der Waals surface area contributed by atoms with E-state index in [4.69, 9.17) is 5.73 Å². The SMILES string of the molecule is CCN(C(=O)c1ccc(F)c(C)c1)C1CCC(N)CC1. The summed E-state index contributed by atoms with van der Waals surface area (Å²) in [7, 11) is 0. The monoisotopic (exact) mass is 278 g/mol. The molecule has 0 heterocycles. The number of carbonyl (C=O) groups excluding carboxylic acids is 1. The Morgan fingerprint density at radius 2 is 2.00 bits per heavy atom. The predicted molar refractivity (Wildman–Crippen MR) is 78.1 cm³/mol. The molecule has 0 aromatic heterocycles. The highest BCUT2D eigenvalue weighted by atomic mass is 19.1. The molecule has 0 unspecified atom stereocenters. The molecule has 0 radical (unpaired) electrons. The zero-order chi connectivity index (χ0) is 14.7. The van der Waals surface area contributed by atoms with E-state index in [9.17, 15) is 9.18 Å². The van der Waals surface area contributed by atoms with Gasteiger partial charge in [0.1, 0.15) is 5.82 Å². The quantitative estimate of drug-likeness (QED) is 0.924. The average molecular weight is 278 g/mol. The molecular weight excluding hydrogens is 255 g/mol. The van der Waals surface area contributed by atoms with E-state index >= 15 is 0 Å². The number of hydrogen-bond acceptors (Lipinski definition) is 2. The van der Waals surface area contributed by atoms with Gasteiger partial charge in [-0.05, 0) is 63.3 Å². The number of aryl methyl sites for hydroxylation is 1. The predicted octanol–water partition coefficient (Wildman–Crippen LogP) is 2.87. The molecule has 1 fully saturated rings. The smallest absolute Gasteiger partial charge is 0.254 e. The number of rotatable bonds is 3. The van der Waals surface area contributed by atoms with Crippen LogP contribution in [0.1, 0.15) is 48.5 Å². The summed E-state index contributed by atoms with van der Waals surface area (Å²) < 4.78 is 13.3. The molecule has 3 nitrogen and oxygen atoms in total. The molecule has 110 valence electrons. The summed E-state index contributed by atoms with van der Waals surface area (Å²) in [4.78, 5) is 14.5. The van der Waals surface area contributed by atoms with Crippen molar-refractivity contribution < 1.29 is 9.18 Å². The van der Waals surface area contributed by atoms with Crippen molar-refractivity contribution >= 4 is 5.91 Å². The van der Waals surface area contributed by atoms with Crippen molar-refractivity contribution in [3.05, 3.63) is 35.1 Å². The molecule has 1 aromatic rings. The van der Waals surface area contributed by atoms with Crippen molar-refractivity contribution in [2.45, 2.75) is 51.6 Å². The first-order valence-electron chi connectivity index (χ1n) is 7.35. The Labute approximate surface area is 120 Å². The van der Waals surface area contributed by atoms with Gasteiger partial charge in [-0.2, -0.15) is 0 Å². The van der Waals surface area contributed by atoms with Crippen molar-refractivity contribution in [3.63, 3.8) is 0 Å². The van der Waals surface area contributed by atoms with Gasteiger partial charge in [-0.1, -0.05) is 0 Å². The molecule has 0 spiro atoms. The second-order valence-electron chi connectivity index (χ2n) is 5.62. The van der Waals surface area contributed by atoms with E-state index in [-0.39, 0.29) is 23.8 Å². The molecule has 1 aliphatic carbocycles. The molecular formula is C16H23FN2O. The molecule has 1 aliphatic rings. The molecule has 0 saturated heterocycles. The minimum Gasteiger partial charge on any atom is -0.336 e. The molecule has 1 saturated carbocycles. The molecule has 0 aliphatic heterocycles. The first-order chi connectivity index (χ1) is 9.52. The number of hydrogen-bond donors (Lipinski definition) is 1. The van der Waals surface area contributed by atoms with Crippen LogP contribution in [0, 0.1) is 12.7 Å². The summed E-state index contributed by atoms with van der Waals surface area (Å²) in [6.07, 6.45) is 3.86. The number of benzene rings is 1. The normalized spacial score (nSPS) is 22.6. The minimum absolute atomic E-state index is 0.00364. The van der Waals surface area contributed by atoms with Gasteiger partial charge in [-0.25, -0.2) is 4.39 Å². The molecule has 20 heavy (non-hydrogen) atoms. The van der Waals surface area contributed by atoms with Crippen LogP contribution in [-0.2, 0) is 0 Å². The third-order valence-electron chi connectivity index (χ3n) is 4.19. The van der Waals surface area contributed by atoms with Crippen molar-refractivity contribution in [2.24, 2.45) is 5.73 Å². The molecule has 2 rings (SSSR count). The summed E-state index contributed by atoms with van der Waals surface area (Å²) >= 11 is 0. The lowest BCUT2D eigenvalue weighted by atomic mass is 9.90. The van der Waals surface area contributed by atoms with Gasteiger partial charge in [0.2, 0.25) is 0 Å². The van der Waals surface area contributed by atoms with E-state index in [1.54, 1.807) is 19.1 Å². The van der Waals surface area contributed by atoms with Crippen LogP contribution in [0.15, 0.2) is 18.2 Å². The van der Waals surface area contributed by atoms with Crippen molar-refractivity contribution in [1.29, 1.82) is 0 Å². The summed E-state index contributed by atoms with van der Waals surface area (Å²) in [5, 5.41) is 0. The Morgan fingerprint density at radius 3 is 2.55 bits per heavy atom. The van der Waals surface area contributed by atoms with Gasteiger partial charge < -0.3 is 10.6 Å². The fourth-order valence-corrected chi connectivity index (χ4v) is 2.92. The van der Waals surface area contributed by atoms with E-state index < -0.39 is 0 Å². The van der Waals surface area contributed by atoms with Crippen LogP contribution in [0.25, 0.3) is 0 Å². The number of amides is 1. The first kappa shape index (κ1) is 15.0. The maximum absolute atomic E-state index is 13.3. The maximum atomic E-state index is 13.3. The van der Waals surface area contributed by atoms with Gasteiger partial charge in [0.15, 0.2) is 0 Å². The Bertz CT molecular complexity index is 481. The lowest BCUT2D eigenvalue weighted by molar-refractivity contribution is 0.0640. The number of nitrogens with two attached hydrogens (primary N) is 1. The van der Waals surface area contributed by atoms with E-state index in [2.05, 4.69) is 0 Å². The highest BCUT2D eigenvalue weighted by Gasteiger charge is 2.27. The second kappa shape index (κ2) is 6.35. The molecule has 0 atom stereocenters. The molecule has 4 heteroatoms. The van der Waals surface area contributed by atoms with E-state index in [0.717, 1.165) is 25.7 Å². The summed E-state index contributed by atoms with van der Waals surface area (Å²) in [6, 6.07) is 5.11. The van der Waals surface area contributed by atoms with Crippen molar-refractivity contribution in [3.8, 4) is 0 Å². The minimum atomic E-state index is -0.270. The van der Waals surface area contributed by atoms with Gasteiger partial charge in [-0.3, -0.25) is 4.79 Å². The first-order valence-corrected chi connectivity index (χ1v) is 7.35. The lowest BCUT2D eigenvalue weighted by Crippen LogP contribution is -2.44. The summed E-state index contributed by atoms with van der Waals surface area (Å²) in [5.41, 5.74) is 7.00. The average Bonchev–Trinajstić information content (AvgIpc) is 2.44. The Hall–Kier alpha value is -1.42. The van der Waals surface area contributed by atoms with Crippen LogP contribution in [0.4, 0.5) is 4.39 Å². The zero-order valence-electron chi connectivity index (χ0n) is 12.2. The van der Waals surface area contributed by atoms with Crippen LogP contribution in [-0.4, -0.2) is 29.4 Å². The largest absolute Gasteiger partial charge is 0.336 e. The van der Waals surface area contributed by atoms with Crippen LogP contribution in [0.2, 0.25) is 0 Å². The van der Waals surface area contributed by atoms with Crippen LogP contribution < -0.4 is 5.73 Å². The van der Waals surface area contributed by atoms with Crippen molar-refractivity contribution in [2.75, 3.05) is 6.54 Å². The maximum Gasteiger partial charge on any atom is 0.254 e. The summed E-state index contributed by atoms with van der Waals surface area (Å²) in [5.74, 6) is -0.274. The number of halogens is 1. The Kier molecular flexibility index (Phi) is 4.76. The molecule has 1 aromatic carbocycles. The van der Waals surface area contributed by atoms with Gasteiger partial charge >= 0.3 is 0 Å². The number of nitrogens with zero attached hydrogens (tertiary/aromatic N) is 1. The van der Waals surface area contributed by atoms with Gasteiger partial charge in [0.25, 0.3) is 5.91 Å². The topological polar surface area (TPSA) is 46.3 Å². The fourth-order valence-electron chi connectivity index (χ4n) is 2.92. The van der Waals surface area contributed by atoms with Gasteiger partial charge in [-0.15, -0.1) is 0 Å². The zero-order valence-corrected chi connectivity index (χ0v) is 12.2. The Balaban J connectivity index is 2.14. The van der Waals surface area contributed by atoms with Gasteiger partial charge in [0, 0.05) is 24.2 Å². The Morgan fingerprint density at radius 1 is 1.35 bits per heavy atom. The lowest BCUT2D eigenvalue weighted by Gasteiger charge is -2.35. The standard InChI is InChI=1S/C16H23FN2O/c1-3-19(14-7-5-13(18)6-8-14)16(20)12-4-9-15(17)11(2)10-12/h4,9-10,13-14H,3,5-8,18H2,1-2H3. The van der Waals surface area contributed by atoms with Crippen LogP contribution >= 0.6 is 0 Å². The molecule has 1 amide bonds. The van der Waals surface area contributed by atoms with Crippen LogP contribution in [0.3, 0.4) is 0 Å². The van der Waals surface area contributed by atoms with E-state index in [1.165, 1.54) is 6.07 Å². The van der Waals surface area contributed by atoms with Crippen molar-refractivity contribution in [1.82, 2.24) is 4.90 Å². The van der Waals surface area contributed by atoms with Gasteiger partial charge in [0.05, 0.1) is 0 Å². The van der Waals surface area contributed by atoms with E-state index in [0.29, 0.717) is 17.7 Å². The second-order valence-corrected chi connectivity index (χ2v) is 5.62. The third-order valence-corrected chi connectivity index (χ3v) is 4.19.